The van der Waals surface area contributed by atoms with Crippen molar-refractivity contribution in [2.75, 3.05) is 12.9 Å². The Bertz CT molecular complexity index is 696. The molecule has 0 aliphatic heterocycles. The Labute approximate surface area is 178 Å². The molecule has 1 aromatic rings. The second-order valence-corrected chi connectivity index (χ2v) is 9.47. The molecule has 2 N–H and O–H groups in total. The molecular formula is C24H34O4S. The van der Waals surface area contributed by atoms with Crippen LogP contribution in [0.5, 0.6) is 5.75 Å². The summed E-state index contributed by atoms with van der Waals surface area (Å²) in [6.45, 7) is 0. The molecule has 2 aliphatic carbocycles. The number of benzene rings is 1. The zero-order chi connectivity index (χ0) is 20.6. The number of thioether (sulfide) groups is 1. The number of hydrogen-bond acceptors (Lipinski definition) is 5. The van der Waals surface area contributed by atoms with Gasteiger partial charge in [0, 0.05) is 4.90 Å². The molecule has 0 saturated heterocycles. The number of phenols is 1. The van der Waals surface area contributed by atoms with Crippen LogP contribution in [0.2, 0.25) is 0 Å². The van der Waals surface area contributed by atoms with Crippen LogP contribution >= 0.6 is 11.8 Å². The number of carbonyl (C=O) groups excluding carboxylic acids is 1. The molecule has 2 aliphatic rings. The van der Waals surface area contributed by atoms with Gasteiger partial charge in [-0.15, -0.1) is 11.8 Å². The van der Waals surface area contributed by atoms with Gasteiger partial charge in [-0.2, -0.15) is 0 Å². The van der Waals surface area contributed by atoms with Crippen LogP contribution in [0.4, 0.5) is 0 Å². The first-order chi connectivity index (χ1) is 14.1. The lowest BCUT2D eigenvalue weighted by atomic mass is 9.84. The molecule has 5 heteroatoms. The molecular weight excluding hydrogens is 384 g/mol. The van der Waals surface area contributed by atoms with Crippen molar-refractivity contribution in [2.24, 2.45) is 11.8 Å². The number of hydrogen-bond donors (Lipinski definition) is 2. The number of rotatable bonds is 8. The molecule has 3 rings (SSSR count). The number of phenolic OH excluding ortho intramolecular Hbond substituents is 1. The summed E-state index contributed by atoms with van der Waals surface area (Å²) >= 11 is 1.31. The number of methoxy groups -OCH3 is 1. The van der Waals surface area contributed by atoms with E-state index in [1.807, 2.05) is 24.3 Å². The molecule has 160 valence electrons. The molecule has 0 aromatic heterocycles. The molecule has 2 unspecified atom stereocenters. The highest BCUT2D eigenvalue weighted by Gasteiger charge is 2.29. The van der Waals surface area contributed by atoms with E-state index in [0.717, 1.165) is 36.1 Å². The molecule has 2 fully saturated rings. The topological polar surface area (TPSA) is 66.8 Å². The average molecular weight is 419 g/mol. The molecule has 0 bridgehead atoms. The number of aromatic hydroxyl groups is 1. The number of carbonyl (C=O) groups is 1. The highest BCUT2D eigenvalue weighted by Crippen LogP contribution is 2.46. The predicted octanol–water partition coefficient (Wildman–Crippen LogP) is 5.43. The minimum atomic E-state index is -0.366. The van der Waals surface area contributed by atoms with Gasteiger partial charge in [0.25, 0.3) is 0 Å². The lowest BCUT2D eigenvalue weighted by Crippen LogP contribution is -2.14. The first-order valence-electron chi connectivity index (χ1n) is 11.0. The van der Waals surface area contributed by atoms with Gasteiger partial charge in [-0.25, -0.2) is 0 Å². The van der Waals surface area contributed by atoms with Gasteiger partial charge in [0.1, 0.15) is 5.75 Å². The summed E-state index contributed by atoms with van der Waals surface area (Å²) in [4.78, 5) is 12.1. The SMILES string of the molecule is COC(=O)CSc1cccc([C@H]2CCCC2/C=C/C(O)CC2CCCCC2)c1O. The van der Waals surface area contributed by atoms with Crippen LogP contribution in [-0.2, 0) is 9.53 Å². The Morgan fingerprint density at radius 2 is 2.00 bits per heavy atom. The van der Waals surface area contributed by atoms with E-state index < -0.39 is 0 Å². The van der Waals surface area contributed by atoms with Crippen LogP contribution in [0.3, 0.4) is 0 Å². The lowest BCUT2D eigenvalue weighted by molar-refractivity contribution is -0.137. The molecule has 1 aromatic carbocycles. The van der Waals surface area contributed by atoms with Crippen molar-refractivity contribution in [3.05, 3.63) is 35.9 Å². The molecule has 0 heterocycles. The van der Waals surface area contributed by atoms with E-state index in [0.29, 0.717) is 11.8 Å². The van der Waals surface area contributed by atoms with Gasteiger partial charge in [0.15, 0.2) is 0 Å². The summed E-state index contributed by atoms with van der Waals surface area (Å²) in [6.07, 6.45) is 14.4. The minimum absolute atomic E-state index is 0.189. The molecule has 0 spiro atoms. The van der Waals surface area contributed by atoms with E-state index in [2.05, 4.69) is 6.08 Å². The van der Waals surface area contributed by atoms with Crippen LogP contribution in [0.1, 0.15) is 69.3 Å². The zero-order valence-corrected chi connectivity index (χ0v) is 18.2. The highest BCUT2D eigenvalue weighted by atomic mass is 32.2. The average Bonchev–Trinajstić information content (AvgIpc) is 3.20. The second-order valence-electron chi connectivity index (χ2n) is 8.45. The lowest BCUT2D eigenvalue weighted by Gasteiger charge is -2.23. The fourth-order valence-electron chi connectivity index (χ4n) is 4.87. The second kappa shape index (κ2) is 11.1. The predicted molar refractivity (Wildman–Crippen MR) is 117 cm³/mol. The Morgan fingerprint density at radius 3 is 2.76 bits per heavy atom. The van der Waals surface area contributed by atoms with E-state index >= 15 is 0 Å². The molecule has 0 radical (unpaired) electrons. The first kappa shape index (κ1) is 22.2. The zero-order valence-electron chi connectivity index (χ0n) is 17.4. The Morgan fingerprint density at radius 1 is 1.21 bits per heavy atom. The Balaban J connectivity index is 1.63. The van der Waals surface area contributed by atoms with E-state index in [9.17, 15) is 15.0 Å². The number of aliphatic hydroxyl groups excluding tert-OH is 1. The van der Waals surface area contributed by atoms with Gasteiger partial charge in [-0.05, 0) is 48.6 Å². The van der Waals surface area contributed by atoms with Crippen LogP contribution in [0.15, 0.2) is 35.2 Å². The number of aliphatic hydroxyl groups is 1. The maximum atomic E-state index is 11.4. The maximum Gasteiger partial charge on any atom is 0.315 e. The van der Waals surface area contributed by atoms with Crippen molar-refractivity contribution in [1.82, 2.24) is 0 Å². The molecule has 0 amide bonds. The van der Waals surface area contributed by atoms with Crippen molar-refractivity contribution in [2.45, 2.75) is 74.7 Å². The molecule has 4 nitrogen and oxygen atoms in total. The van der Waals surface area contributed by atoms with Crippen molar-refractivity contribution < 1.29 is 19.7 Å². The van der Waals surface area contributed by atoms with Gasteiger partial charge in [-0.3, -0.25) is 4.79 Å². The van der Waals surface area contributed by atoms with E-state index in [1.54, 1.807) is 0 Å². The third-order valence-corrected chi connectivity index (χ3v) is 7.47. The van der Waals surface area contributed by atoms with E-state index in [-0.39, 0.29) is 29.5 Å². The maximum absolute atomic E-state index is 11.4. The summed E-state index contributed by atoms with van der Waals surface area (Å²) in [5.74, 6) is 1.43. The third kappa shape index (κ3) is 6.26. The van der Waals surface area contributed by atoms with Gasteiger partial charge in [0.05, 0.1) is 19.0 Å². The van der Waals surface area contributed by atoms with Gasteiger partial charge < -0.3 is 14.9 Å². The fourth-order valence-corrected chi connectivity index (χ4v) is 5.69. The monoisotopic (exact) mass is 418 g/mol. The number of allylic oxidation sites excluding steroid dienone is 1. The van der Waals surface area contributed by atoms with Gasteiger partial charge >= 0.3 is 5.97 Å². The summed E-state index contributed by atoms with van der Waals surface area (Å²) in [5.41, 5.74) is 0.953. The third-order valence-electron chi connectivity index (χ3n) is 6.45. The largest absolute Gasteiger partial charge is 0.506 e. The van der Waals surface area contributed by atoms with E-state index in [1.165, 1.54) is 51.0 Å². The van der Waals surface area contributed by atoms with Crippen molar-refractivity contribution in [1.29, 1.82) is 0 Å². The van der Waals surface area contributed by atoms with Crippen LogP contribution < -0.4 is 0 Å². The number of esters is 1. The standard InChI is InChI=1S/C24H34O4S/c1-28-23(26)16-29-22-12-6-11-21(24(22)27)20-10-5-9-18(20)13-14-19(25)15-17-7-3-2-4-8-17/h6,11-14,17-20,25,27H,2-5,7-10,15-16H2,1H3/b14-13+/t18?,19?,20-/m0/s1. The molecule has 3 atom stereocenters. The minimum Gasteiger partial charge on any atom is -0.506 e. The highest BCUT2D eigenvalue weighted by molar-refractivity contribution is 8.00. The Hall–Kier alpha value is -1.46. The number of para-hydroxylation sites is 1. The van der Waals surface area contributed by atoms with Crippen molar-refractivity contribution in [3.63, 3.8) is 0 Å². The normalized spacial score (nSPS) is 24.1. The quantitative estimate of drug-likeness (QED) is 0.335. The van der Waals surface area contributed by atoms with Crippen molar-refractivity contribution in [3.8, 4) is 5.75 Å². The summed E-state index contributed by atoms with van der Waals surface area (Å²) in [7, 11) is 1.37. The first-order valence-corrected chi connectivity index (χ1v) is 11.9. The molecule has 2 saturated carbocycles. The van der Waals surface area contributed by atoms with Crippen LogP contribution in [-0.4, -0.2) is 35.1 Å². The Kier molecular flexibility index (Phi) is 8.49. The van der Waals surface area contributed by atoms with Gasteiger partial charge in [-0.1, -0.05) is 62.8 Å². The number of ether oxygens (including phenoxy) is 1. The summed E-state index contributed by atoms with van der Waals surface area (Å²) in [6, 6.07) is 5.79. The van der Waals surface area contributed by atoms with Crippen molar-refractivity contribution >= 4 is 17.7 Å². The fraction of sp³-hybridized carbons (Fsp3) is 0.625. The summed E-state index contributed by atoms with van der Waals surface area (Å²) in [5, 5.41) is 21.3. The van der Waals surface area contributed by atoms with Gasteiger partial charge in [0.2, 0.25) is 0 Å². The smallest absolute Gasteiger partial charge is 0.315 e. The van der Waals surface area contributed by atoms with Crippen LogP contribution in [0.25, 0.3) is 0 Å². The van der Waals surface area contributed by atoms with Crippen LogP contribution in [0, 0.1) is 11.8 Å². The molecule has 29 heavy (non-hydrogen) atoms. The summed E-state index contributed by atoms with van der Waals surface area (Å²) < 4.78 is 4.69. The van der Waals surface area contributed by atoms with E-state index in [4.69, 9.17) is 4.74 Å².